The number of fused-ring (bicyclic) bond motifs is 5. The van der Waals surface area contributed by atoms with Crippen LogP contribution in [0.4, 0.5) is 0 Å². The smallest absolute Gasteiger partial charge is 0.142 e. The Balaban J connectivity index is 1.44. The fourth-order valence-electron chi connectivity index (χ4n) is 8.04. The molecule has 0 amide bonds. The largest absolute Gasteiger partial charge is 0.396 e. The molecule has 4 unspecified atom stereocenters. The summed E-state index contributed by atoms with van der Waals surface area (Å²) in [7, 11) is 0. The van der Waals surface area contributed by atoms with E-state index in [0.717, 1.165) is 64.0 Å². The molecule has 2 N–H and O–H groups in total. The number of aliphatic hydroxyl groups is 1. The molecule has 0 aromatic heterocycles. The summed E-state index contributed by atoms with van der Waals surface area (Å²) in [5.41, 5.74) is 1.34. The molecule has 0 spiro atoms. The van der Waals surface area contributed by atoms with Crippen LogP contribution < -0.4 is 5.32 Å². The van der Waals surface area contributed by atoms with Crippen molar-refractivity contribution in [2.75, 3.05) is 19.7 Å². The SMILES string of the molecule is C[C@]12CCC(=CCC3CNC3)CC1[C@@H](CO)C(=O)C1C2CC[C@]2(C)C(=O)CCC12. The molecule has 7 atom stereocenters. The molecule has 0 aromatic rings. The molecular weight excluding hydrogens is 362 g/mol. The second-order valence-electron chi connectivity index (χ2n) is 11.3. The first-order valence-corrected chi connectivity index (χ1v) is 11.9. The third-order valence-corrected chi connectivity index (χ3v) is 10.1. The molecule has 1 aliphatic heterocycles. The van der Waals surface area contributed by atoms with Crippen molar-refractivity contribution in [2.45, 2.75) is 65.2 Å². The fraction of sp³-hybridized carbons (Fsp3) is 0.840. The van der Waals surface area contributed by atoms with E-state index in [-0.39, 0.29) is 46.9 Å². The van der Waals surface area contributed by atoms with Crippen molar-refractivity contribution in [1.82, 2.24) is 5.32 Å². The lowest BCUT2D eigenvalue weighted by atomic mass is 9.42. The number of hydrogen-bond donors (Lipinski definition) is 2. The first-order valence-electron chi connectivity index (χ1n) is 11.9. The van der Waals surface area contributed by atoms with Gasteiger partial charge in [-0.2, -0.15) is 0 Å². The Hall–Kier alpha value is -1.00. The topological polar surface area (TPSA) is 66.4 Å². The van der Waals surface area contributed by atoms with Crippen LogP contribution in [0.1, 0.15) is 65.2 Å². The molecule has 4 nitrogen and oxygen atoms in total. The monoisotopic (exact) mass is 399 g/mol. The molecule has 4 aliphatic carbocycles. The maximum Gasteiger partial charge on any atom is 0.142 e. The normalized spacial score (nSPS) is 48.8. The average molecular weight is 400 g/mol. The lowest BCUT2D eigenvalue weighted by Gasteiger charge is -2.60. The van der Waals surface area contributed by atoms with Crippen LogP contribution in [0.25, 0.3) is 0 Å². The molecule has 4 heteroatoms. The minimum absolute atomic E-state index is 0.00909. The summed E-state index contributed by atoms with van der Waals surface area (Å²) < 4.78 is 0. The van der Waals surface area contributed by atoms with E-state index in [1.165, 1.54) is 5.57 Å². The summed E-state index contributed by atoms with van der Waals surface area (Å²) in [6.07, 6.45) is 10.3. The van der Waals surface area contributed by atoms with Crippen LogP contribution in [0.3, 0.4) is 0 Å². The van der Waals surface area contributed by atoms with E-state index in [9.17, 15) is 14.7 Å². The number of ketones is 2. The van der Waals surface area contributed by atoms with E-state index in [1.54, 1.807) is 0 Å². The minimum Gasteiger partial charge on any atom is -0.396 e. The summed E-state index contributed by atoms with van der Waals surface area (Å²) in [6, 6.07) is 0. The maximum absolute atomic E-state index is 13.7. The molecule has 1 heterocycles. The molecule has 5 rings (SSSR count). The quantitative estimate of drug-likeness (QED) is 0.713. The highest BCUT2D eigenvalue weighted by molar-refractivity contribution is 5.91. The summed E-state index contributed by atoms with van der Waals surface area (Å²) >= 11 is 0. The highest BCUT2D eigenvalue weighted by Crippen LogP contribution is 2.66. The molecule has 0 bridgehead atoms. The van der Waals surface area contributed by atoms with Gasteiger partial charge in [0.2, 0.25) is 0 Å². The van der Waals surface area contributed by atoms with Crippen molar-refractivity contribution in [2.24, 2.45) is 46.3 Å². The van der Waals surface area contributed by atoms with Gasteiger partial charge in [-0.05, 0) is 87.1 Å². The lowest BCUT2D eigenvalue weighted by Crippen LogP contribution is -2.60. The van der Waals surface area contributed by atoms with Gasteiger partial charge in [0.25, 0.3) is 0 Å². The minimum atomic E-state index is -0.295. The molecule has 1 saturated heterocycles. The standard InChI is InChI=1S/C25H37NO3/c1-24-9-7-15(3-4-16-12-26-13-16)11-20(24)17(14-27)23(29)22-18-5-6-21(28)25(18,2)10-8-19(22)24/h3,16-20,22,26-27H,4-14H2,1-2H3/t17-,18?,19?,20?,22?,24-,25+/m1/s1. The van der Waals surface area contributed by atoms with Crippen LogP contribution in [0.2, 0.25) is 0 Å². The Labute approximate surface area is 174 Å². The van der Waals surface area contributed by atoms with E-state index in [2.05, 4.69) is 25.2 Å². The maximum atomic E-state index is 13.7. The third kappa shape index (κ3) is 2.85. The second kappa shape index (κ2) is 7.02. The molecule has 5 aliphatic rings. The summed E-state index contributed by atoms with van der Waals surface area (Å²) in [5.74, 6) is 2.05. The first kappa shape index (κ1) is 19.9. The molecule has 160 valence electrons. The van der Waals surface area contributed by atoms with Crippen LogP contribution in [-0.2, 0) is 9.59 Å². The van der Waals surface area contributed by atoms with Gasteiger partial charge < -0.3 is 10.4 Å². The van der Waals surface area contributed by atoms with Crippen molar-refractivity contribution in [3.05, 3.63) is 11.6 Å². The van der Waals surface area contributed by atoms with Gasteiger partial charge in [-0.15, -0.1) is 0 Å². The fourth-order valence-corrected chi connectivity index (χ4v) is 8.04. The Morgan fingerprint density at radius 2 is 1.86 bits per heavy atom. The molecule has 5 fully saturated rings. The van der Waals surface area contributed by atoms with Gasteiger partial charge in [-0.3, -0.25) is 9.59 Å². The molecule has 29 heavy (non-hydrogen) atoms. The number of hydrogen-bond acceptors (Lipinski definition) is 4. The zero-order valence-electron chi connectivity index (χ0n) is 18.1. The van der Waals surface area contributed by atoms with Crippen LogP contribution in [-0.4, -0.2) is 36.4 Å². The van der Waals surface area contributed by atoms with Gasteiger partial charge in [-0.1, -0.05) is 25.5 Å². The zero-order chi connectivity index (χ0) is 20.4. The lowest BCUT2D eigenvalue weighted by molar-refractivity contribution is -0.167. The molecule has 0 aromatic carbocycles. The van der Waals surface area contributed by atoms with E-state index >= 15 is 0 Å². The van der Waals surface area contributed by atoms with Crippen molar-refractivity contribution >= 4 is 11.6 Å². The van der Waals surface area contributed by atoms with Crippen molar-refractivity contribution in [3.63, 3.8) is 0 Å². The number of carbonyl (C=O) groups excluding carboxylic acids is 2. The number of aliphatic hydroxyl groups excluding tert-OH is 1. The van der Waals surface area contributed by atoms with Crippen molar-refractivity contribution < 1.29 is 14.7 Å². The number of carbonyl (C=O) groups is 2. The zero-order valence-corrected chi connectivity index (χ0v) is 18.1. The predicted octanol–water partition coefficient (Wildman–Crippen LogP) is 3.53. The number of Topliss-reactive ketones (excluding diaryl/α,β-unsaturated/α-hetero) is 2. The van der Waals surface area contributed by atoms with Crippen molar-refractivity contribution in [1.29, 1.82) is 0 Å². The van der Waals surface area contributed by atoms with E-state index in [4.69, 9.17) is 0 Å². The van der Waals surface area contributed by atoms with Crippen LogP contribution in [0.15, 0.2) is 11.6 Å². The summed E-state index contributed by atoms with van der Waals surface area (Å²) in [5, 5.41) is 13.6. The Kier molecular flexibility index (Phi) is 4.82. The van der Waals surface area contributed by atoms with Gasteiger partial charge in [0.15, 0.2) is 0 Å². The molecule has 4 saturated carbocycles. The van der Waals surface area contributed by atoms with E-state index in [1.807, 2.05) is 0 Å². The van der Waals surface area contributed by atoms with Gasteiger partial charge in [0.1, 0.15) is 11.6 Å². The van der Waals surface area contributed by atoms with E-state index < -0.39 is 0 Å². The third-order valence-electron chi connectivity index (χ3n) is 10.1. The van der Waals surface area contributed by atoms with Crippen molar-refractivity contribution in [3.8, 4) is 0 Å². The van der Waals surface area contributed by atoms with Gasteiger partial charge in [0.05, 0.1) is 6.61 Å². The number of rotatable bonds is 3. The summed E-state index contributed by atoms with van der Waals surface area (Å²) in [4.78, 5) is 26.4. The Morgan fingerprint density at radius 1 is 1.07 bits per heavy atom. The van der Waals surface area contributed by atoms with Gasteiger partial charge in [-0.25, -0.2) is 0 Å². The van der Waals surface area contributed by atoms with Crippen LogP contribution in [0, 0.1) is 46.3 Å². The number of allylic oxidation sites excluding steroid dienone is 2. The Morgan fingerprint density at radius 3 is 2.55 bits per heavy atom. The van der Waals surface area contributed by atoms with Gasteiger partial charge >= 0.3 is 0 Å². The Bertz CT molecular complexity index is 740. The van der Waals surface area contributed by atoms with Crippen LogP contribution >= 0.6 is 0 Å². The molecule has 0 radical (unpaired) electrons. The molecular formula is C25H37NO3. The summed E-state index contributed by atoms with van der Waals surface area (Å²) in [6.45, 7) is 6.77. The number of nitrogens with one attached hydrogen (secondary N) is 1. The van der Waals surface area contributed by atoms with E-state index in [0.29, 0.717) is 18.1 Å². The van der Waals surface area contributed by atoms with Crippen LogP contribution in [0.5, 0.6) is 0 Å². The highest BCUT2D eigenvalue weighted by Gasteiger charge is 2.64. The highest BCUT2D eigenvalue weighted by atomic mass is 16.3. The second-order valence-corrected chi connectivity index (χ2v) is 11.3. The predicted molar refractivity (Wildman–Crippen MR) is 112 cm³/mol. The first-order chi connectivity index (χ1) is 13.9. The average Bonchev–Trinajstić information content (AvgIpc) is 2.97. The van der Waals surface area contributed by atoms with Gasteiger partial charge in [0, 0.05) is 23.7 Å².